The van der Waals surface area contributed by atoms with Crippen molar-refractivity contribution >= 4 is 43.4 Å². The second-order valence-electron chi connectivity index (χ2n) is 10.5. The smallest absolute Gasteiger partial charge is 0.0544 e. The zero-order valence-corrected chi connectivity index (χ0v) is 20.3. The molecule has 0 aliphatic heterocycles. The maximum Gasteiger partial charge on any atom is 0.0544 e. The van der Waals surface area contributed by atoms with Gasteiger partial charge in [0, 0.05) is 39.7 Å². The lowest BCUT2D eigenvalue weighted by atomic mass is 9.80. The maximum atomic E-state index is 4.29. The Bertz CT molecular complexity index is 2020. The molecule has 2 heterocycles. The molecular weight excluding hydrogens is 436 g/mol. The first-order chi connectivity index (χ1) is 17.6. The molecule has 170 valence electrons. The van der Waals surface area contributed by atoms with Crippen molar-refractivity contribution in [3.05, 3.63) is 121 Å². The molecule has 0 bridgehead atoms. The van der Waals surface area contributed by atoms with E-state index in [4.69, 9.17) is 0 Å². The van der Waals surface area contributed by atoms with Crippen molar-refractivity contribution in [3.8, 4) is 16.8 Å². The molecule has 1 aliphatic carbocycles. The summed E-state index contributed by atoms with van der Waals surface area (Å²) in [4.78, 5) is 4.29. The number of nitrogens with zero attached hydrogens (tertiary/aromatic N) is 2. The molecule has 0 spiro atoms. The Kier molecular flexibility index (Phi) is 3.76. The van der Waals surface area contributed by atoms with Crippen LogP contribution in [0.3, 0.4) is 0 Å². The van der Waals surface area contributed by atoms with Gasteiger partial charge in [-0.25, -0.2) is 0 Å². The number of pyridine rings is 1. The zero-order chi connectivity index (χ0) is 24.0. The van der Waals surface area contributed by atoms with Crippen LogP contribution in [0, 0.1) is 0 Å². The molecule has 0 amide bonds. The van der Waals surface area contributed by atoms with Crippen LogP contribution in [0.4, 0.5) is 0 Å². The molecule has 0 atom stereocenters. The third-order valence-electron chi connectivity index (χ3n) is 8.21. The van der Waals surface area contributed by atoms with E-state index in [0.29, 0.717) is 0 Å². The fraction of sp³-hybridized carbons (Fsp3) is 0.0882. The van der Waals surface area contributed by atoms with Crippen molar-refractivity contribution < 1.29 is 0 Å². The highest BCUT2D eigenvalue weighted by atomic mass is 15.0. The van der Waals surface area contributed by atoms with Gasteiger partial charge in [-0.05, 0) is 74.8 Å². The number of hydrogen-bond donors (Lipinski definition) is 0. The van der Waals surface area contributed by atoms with Crippen molar-refractivity contribution in [2.75, 3.05) is 0 Å². The highest BCUT2D eigenvalue weighted by Crippen LogP contribution is 2.53. The number of rotatable bonds is 1. The molecule has 2 heteroatoms. The van der Waals surface area contributed by atoms with E-state index in [9.17, 15) is 0 Å². The minimum Gasteiger partial charge on any atom is -0.309 e. The SMILES string of the molecule is CC1(C)c2cc3c(cc2-c2ccc4ccccc4c21)c1ccccc1n3-c1ccc2cnccc2c1. The predicted molar refractivity (Wildman–Crippen MR) is 151 cm³/mol. The molecule has 0 saturated carbocycles. The summed E-state index contributed by atoms with van der Waals surface area (Å²) in [7, 11) is 0. The van der Waals surface area contributed by atoms with Crippen molar-refractivity contribution in [2.45, 2.75) is 19.3 Å². The average Bonchev–Trinajstić information content (AvgIpc) is 3.36. The van der Waals surface area contributed by atoms with Gasteiger partial charge in [0.25, 0.3) is 0 Å². The van der Waals surface area contributed by atoms with Crippen molar-refractivity contribution in [3.63, 3.8) is 0 Å². The highest BCUT2D eigenvalue weighted by molar-refractivity contribution is 6.12. The molecule has 1 aliphatic rings. The Morgan fingerprint density at radius 1 is 0.611 bits per heavy atom. The van der Waals surface area contributed by atoms with Crippen LogP contribution in [0.5, 0.6) is 0 Å². The summed E-state index contributed by atoms with van der Waals surface area (Å²) < 4.78 is 2.43. The van der Waals surface area contributed by atoms with E-state index in [1.807, 2.05) is 12.4 Å². The second-order valence-corrected chi connectivity index (χ2v) is 10.5. The van der Waals surface area contributed by atoms with Crippen molar-refractivity contribution in [2.24, 2.45) is 0 Å². The van der Waals surface area contributed by atoms with E-state index in [0.717, 1.165) is 5.39 Å². The lowest BCUT2D eigenvalue weighted by molar-refractivity contribution is 0.667. The molecule has 36 heavy (non-hydrogen) atoms. The predicted octanol–water partition coefficient (Wildman–Crippen LogP) is 8.79. The van der Waals surface area contributed by atoms with Gasteiger partial charge in [0.1, 0.15) is 0 Å². The van der Waals surface area contributed by atoms with Gasteiger partial charge < -0.3 is 4.57 Å². The topological polar surface area (TPSA) is 17.8 Å². The first-order valence-corrected chi connectivity index (χ1v) is 12.6. The van der Waals surface area contributed by atoms with E-state index in [-0.39, 0.29) is 5.41 Å². The average molecular weight is 461 g/mol. The first kappa shape index (κ1) is 19.8. The third-order valence-corrected chi connectivity index (χ3v) is 8.21. The Hall–Kier alpha value is -4.43. The fourth-order valence-corrected chi connectivity index (χ4v) is 6.55. The highest BCUT2D eigenvalue weighted by Gasteiger charge is 2.37. The van der Waals surface area contributed by atoms with Gasteiger partial charge in [0.2, 0.25) is 0 Å². The molecule has 0 N–H and O–H groups in total. The molecule has 0 radical (unpaired) electrons. The molecular formula is C34H24N2. The number of hydrogen-bond acceptors (Lipinski definition) is 1. The lowest BCUT2D eigenvalue weighted by Gasteiger charge is -2.23. The summed E-state index contributed by atoms with van der Waals surface area (Å²) in [6.07, 6.45) is 3.80. The number of benzene rings is 5. The Morgan fingerprint density at radius 2 is 1.42 bits per heavy atom. The van der Waals surface area contributed by atoms with E-state index >= 15 is 0 Å². The van der Waals surface area contributed by atoms with Crippen molar-refractivity contribution in [1.29, 1.82) is 0 Å². The number of para-hydroxylation sites is 1. The minimum atomic E-state index is -0.0872. The largest absolute Gasteiger partial charge is 0.309 e. The first-order valence-electron chi connectivity index (χ1n) is 12.6. The monoisotopic (exact) mass is 460 g/mol. The summed E-state index contributed by atoms with van der Waals surface area (Å²) in [6, 6.07) is 35.9. The summed E-state index contributed by atoms with van der Waals surface area (Å²) in [6.45, 7) is 4.76. The molecule has 0 saturated heterocycles. The normalized spacial score (nSPS) is 14.1. The summed E-state index contributed by atoms with van der Waals surface area (Å²) in [5.74, 6) is 0. The van der Waals surface area contributed by atoms with Gasteiger partial charge in [-0.15, -0.1) is 0 Å². The standard InChI is InChI=1S/C34H24N2/c1-34(2)30-19-32-29(18-28(30)27-14-12-21-7-3-4-8-25(21)33(27)34)26-9-5-6-10-31(26)36(32)24-13-11-23-20-35-16-15-22(23)17-24/h3-20H,1-2H3. The van der Waals surface area contributed by atoms with Gasteiger partial charge >= 0.3 is 0 Å². The number of aromatic nitrogens is 2. The van der Waals surface area contributed by atoms with Gasteiger partial charge in [-0.3, -0.25) is 4.98 Å². The number of fused-ring (bicyclic) bond motifs is 9. The zero-order valence-electron chi connectivity index (χ0n) is 20.3. The molecule has 8 rings (SSSR count). The van der Waals surface area contributed by atoms with Gasteiger partial charge in [0.15, 0.2) is 0 Å². The molecule has 0 fully saturated rings. The second kappa shape index (κ2) is 6.83. The van der Waals surface area contributed by atoms with Crippen LogP contribution >= 0.6 is 0 Å². The molecule has 7 aromatic rings. The van der Waals surface area contributed by atoms with Crippen LogP contribution < -0.4 is 0 Å². The van der Waals surface area contributed by atoms with Crippen LogP contribution in [0.1, 0.15) is 25.0 Å². The molecule has 5 aromatic carbocycles. The van der Waals surface area contributed by atoms with Crippen LogP contribution in [-0.4, -0.2) is 9.55 Å². The van der Waals surface area contributed by atoms with Gasteiger partial charge in [-0.2, -0.15) is 0 Å². The van der Waals surface area contributed by atoms with Gasteiger partial charge in [0.05, 0.1) is 11.0 Å². The Balaban J connectivity index is 1.49. The van der Waals surface area contributed by atoms with E-state index in [1.54, 1.807) is 0 Å². The summed E-state index contributed by atoms with van der Waals surface area (Å²) in [5.41, 5.74) is 9.16. The lowest BCUT2D eigenvalue weighted by Crippen LogP contribution is -2.15. The van der Waals surface area contributed by atoms with Crippen LogP contribution in [0.25, 0.3) is 60.2 Å². The van der Waals surface area contributed by atoms with E-state index in [1.165, 1.54) is 65.9 Å². The third kappa shape index (κ3) is 2.48. The molecule has 2 aromatic heterocycles. The van der Waals surface area contributed by atoms with Crippen molar-refractivity contribution in [1.82, 2.24) is 9.55 Å². The summed E-state index contributed by atoms with van der Waals surface area (Å²) >= 11 is 0. The summed E-state index contributed by atoms with van der Waals surface area (Å²) in [5, 5.41) is 7.62. The quantitative estimate of drug-likeness (QED) is 0.239. The Morgan fingerprint density at radius 3 is 2.33 bits per heavy atom. The van der Waals surface area contributed by atoms with Crippen LogP contribution in [0.15, 0.2) is 109 Å². The molecule has 0 unspecified atom stereocenters. The maximum absolute atomic E-state index is 4.29. The van der Waals surface area contributed by atoms with E-state index in [2.05, 4.69) is 120 Å². The van der Waals surface area contributed by atoms with Crippen LogP contribution in [-0.2, 0) is 5.41 Å². The van der Waals surface area contributed by atoms with Gasteiger partial charge in [-0.1, -0.05) is 74.5 Å². The minimum absolute atomic E-state index is 0.0872. The fourth-order valence-electron chi connectivity index (χ4n) is 6.55. The van der Waals surface area contributed by atoms with Crippen LogP contribution in [0.2, 0.25) is 0 Å². The van der Waals surface area contributed by atoms with E-state index < -0.39 is 0 Å². The molecule has 2 nitrogen and oxygen atoms in total. The Labute approximate surface area is 209 Å².